The van der Waals surface area contributed by atoms with Crippen LogP contribution in [-0.4, -0.2) is 37.0 Å². The predicted octanol–water partition coefficient (Wildman–Crippen LogP) is 3.36. The summed E-state index contributed by atoms with van der Waals surface area (Å²) >= 11 is 5.92. The number of ketones is 1. The molecule has 0 spiro atoms. The van der Waals surface area contributed by atoms with Gasteiger partial charge in [0.1, 0.15) is 5.75 Å². The van der Waals surface area contributed by atoms with E-state index in [1.807, 2.05) is 0 Å². The minimum Gasteiger partial charge on any atom is -0.508 e. The first-order valence-corrected chi connectivity index (χ1v) is 8.48. The number of methoxy groups -OCH3 is 2. The SMILES string of the molecule is COC(=O)C(C(=O)OC)C(CC(=O)c1ccc(O)cc1)c1ccc(Cl)cc1. The van der Waals surface area contributed by atoms with E-state index in [1.165, 1.54) is 38.5 Å². The van der Waals surface area contributed by atoms with Gasteiger partial charge >= 0.3 is 11.9 Å². The van der Waals surface area contributed by atoms with Crippen LogP contribution in [0.5, 0.6) is 5.75 Å². The molecule has 0 aliphatic carbocycles. The van der Waals surface area contributed by atoms with Gasteiger partial charge in [0.05, 0.1) is 14.2 Å². The fraction of sp³-hybridized carbons (Fsp3) is 0.250. The number of esters is 2. The molecule has 1 unspecified atom stereocenters. The molecule has 2 aromatic carbocycles. The Bertz CT molecular complexity index is 797. The summed E-state index contributed by atoms with van der Waals surface area (Å²) in [5.74, 6) is -3.96. The molecular weight excluding hydrogens is 372 g/mol. The maximum absolute atomic E-state index is 12.7. The van der Waals surface area contributed by atoms with Gasteiger partial charge in [0.25, 0.3) is 0 Å². The number of phenols is 1. The molecule has 1 atom stereocenters. The lowest BCUT2D eigenvalue weighted by Crippen LogP contribution is -2.33. The Morgan fingerprint density at radius 2 is 1.44 bits per heavy atom. The maximum Gasteiger partial charge on any atom is 0.320 e. The van der Waals surface area contributed by atoms with Gasteiger partial charge in [-0.3, -0.25) is 14.4 Å². The molecule has 2 aromatic rings. The number of rotatable bonds is 7. The fourth-order valence-electron chi connectivity index (χ4n) is 2.78. The highest BCUT2D eigenvalue weighted by Crippen LogP contribution is 2.32. The molecule has 0 fully saturated rings. The summed E-state index contributed by atoms with van der Waals surface area (Å²) in [6, 6.07) is 12.3. The zero-order valence-corrected chi connectivity index (χ0v) is 15.6. The summed E-state index contributed by atoms with van der Waals surface area (Å²) in [5.41, 5.74) is 0.924. The van der Waals surface area contributed by atoms with Gasteiger partial charge in [-0.25, -0.2) is 0 Å². The number of benzene rings is 2. The average Bonchev–Trinajstić information content (AvgIpc) is 2.68. The molecule has 0 heterocycles. The molecule has 27 heavy (non-hydrogen) atoms. The van der Waals surface area contributed by atoms with E-state index in [0.717, 1.165) is 0 Å². The molecule has 0 aliphatic heterocycles. The third-order valence-corrected chi connectivity index (χ3v) is 4.46. The van der Waals surface area contributed by atoms with Crippen molar-refractivity contribution < 1.29 is 29.0 Å². The molecule has 0 amide bonds. The number of carbonyl (C=O) groups excluding carboxylic acids is 3. The van der Waals surface area contributed by atoms with Crippen molar-refractivity contribution in [2.45, 2.75) is 12.3 Å². The quantitative estimate of drug-likeness (QED) is 0.443. The molecule has 6 nitrogen and oxygen atoms in total. The molecule has 2 rings (SSSR count). The van der Waals surface area contributed by atoms with Crippen molar-refractivity contribution in [1.82, 2.24) is 0 Å². The average molecular weight is 391 g/mol. The second-order valence-corrected chi connectivity index (χ2v) is 6.29. The standard InChI is InChI=1S/C20H19ClO6/c1-26-19(24)18(20(25)27-2)16(12-3-7-14(21)8-4-12)11-17(23)13-5-9-15(22)10-6-13/h3-10,16,18,22H,11H2,1-2H3. The van der Waals surface area contributed by atoms with Crippen LogP contribution in [-0.2, 0) is 19.1 Å². The Morgan fingerprint density at radius 3 is 1.93 bits per heavy atom. The van der Waals surface area contributed by atoms with Gasteiger partial charge in [-0.15, -0.1) is 0 Å². The minimum atomic E-state index is -1.30. The summed E-state index contributed by atoms with van der Waals surface area (Å²) < 4.78 is 9.51. The Labute approximate surface area is 161 Å². The number of ether oxygens (including phenoxy) is 2. The van der Waals surface area contributed by atoms with Crippen LogP contribution in [0.25, 0.3) is 0 Å². The molecular formula is C20H19ClO6. The van der Waals surface area contributed by atoms with E-state index in [2.05, 4.69) is 0 Å². The normalized spacial score (nSPS) is 11.7. The smallest absolute Gasteiger partial charge is 0.320 e. The number of halogens is 1. The Kier molecular flexibility index (Phi) is 6.96. The zero-order valence-electron chi connectivity index (χ0n) is 14.8. The Morgan fingerprint density at radius 1 is 0.926 bits per heavy atom. The van der Waals surface area contributed by atoms with E-state index in [-0.39, 0.29) is 18.0 Å². The van der Waals surface area contributed by atoms with Gasteiger partial charge in [-0.2, -0.15) is 0 Å². The first-order chi connectivity index (χ1) is 12.9. The van der Waals surface area contributed by atoms with Crippen LogP contribution in [0.2, 0.25) is 5.02 Å². The molecule has 0 radical (unpaired) electrons. The molecule has 0 saturated heterocycles. The highest BCUT2D eigenvalue weighted by Gasteiger charge is 2.39. The molecule has 0 aliphatic rings. The van der Waals surface area contributed by atoms with Crippen molar-refractivity contribution in [3.63, 3.8) is 0 Å². The van der Waals surface area contributed by atoms with E-state index < -0.39 is 23.8 Å². The second kappa shape index (κ2) is 9.19. The molecule has 7 heteroatoms. The van der Waals surface area contributed by atoms with Crippen molar-refractivity contribution in [2.75, 3.05) is 14.2 Å². The van der Waals surface area contributed by atoms with Gasteiger partial charge in [0.2, 0.25) is 0 Å². The van der Waals surface area contributed by atoms with E-state index >= 15 is 0 Å². The third kappa shape index (κ3) is 5.08. The van der Waals surface area contributed by atoms with E-state index in [0.29, 0.717) is 16.1 Å². The highest BCUT2D eigenvalue weighted by molar-refractivity contribution is 6.30. The van der Waals surface area contributed by atoms with Crippen LogP contribution < -0.4 is 0 Å². The summed E-state index contributed by atoms with van der Waals surface area (Å²) in [6.45, 7) is 0. The van der Waals surface area contributed by atoms with E-state index in [1.54, 1.807) is 24.3 Å². The topological polar surface area (TPSA) is 89.9 Å². The van der Waals surface area contributed by atoms with Gasteiger partial charge in [0.15, 0.2) is 11.7 Å². The number of Topliss-reactive ketones (excluding diaryl/α,β-unsaturated/α-hetero) is 1. The van der Waals surface area contributed by atoms with E-state index in [4.69, 9.17) is 21.1 Å². The van der Waals surface area contributed by atoms with Crippen molar-refractivity contribution in [2.24, 2.45) is 5.92 Å². The van der Waals surface area contributed by atoms with Crippen LogP contribution >= 0.6 is 11.6 Å². The molecule has 1 N–H and O–H groups in total. The van der Waals surface area contributed by atoms with Crippen molar-refractivity contribution in [3.05, 3.63) is 64.7 Å². The monoisotopic (exact) mass is 390 g/mol. The first kappa shape index (κ1) is 20.5. The van der Waals surface area contributed by atoms with Crippen molar-refractivity contribution in [1.29, 1.82) is 0 Å². The van der Waals surface area contributed by atoms with E-state index in [9.17, 15) is 19.5 Å². The fourth-order valence-corrected chi connectivity index (χ4v) is 2.91. The van der Waals surface area contributed by atoms with Gasteiger partial charge in [0, 0.05) is 22.9 Å². The summed E-state index contributed by atoms with van der Waals surface area (Å²) in [4.78, 5) is 37.2. The highest BCUT2D eigenvalue weighted by atomic mass is 35.5. The number of aromatic hydroxyl groups is 1. The zero-order chi connectivity index (χ0) is 20.0. The predicted molar refractivity (Wildman–Crippen MR) is 98.8 cm³/mol. The van der Waals surface area contributed by atoms with Crippen LogP contribution in [0.4, 0.5) is 0 Å². The summed E-state index contributed by atoms with van der Waals surface area (Å²) in [7, 11) is 2.33. The van der Waals surface area contributed by atoms with Crippen LogP contribution in [0.3, 0.4) is 0 Å². The second-order valence-electron chi connectivity index (χ2n) is 5.86. The van der Waals surface area contributed by atoms with Crippen molar-refractivity contribution in [3.8, 4) is 5.75 Å². The van der Waals surface area contributed by atoms with Gasteiger partial charge in [-0.1, -0.05) is 23.7 Å². The van der Waals surface area contributed by atoms with Crippen LogP contribution in [0, 0.1) is 5.92 Å². The molecule has 0 saturated carbocycles. The van der Waals surface area contributed by atoms with Crippen LogP contribution in [0.1, 0.15) is 28.3 Å². The summed E-state index contributed by atoms with van der Waals surface area (Å²) in [5, 5.41) is 9.86. The Hall–Kier alpha value is -2.86. The van der Waals surface area contributed by atoms with Crippen LogP contribution in [0.15, 0.2) is 48.5 Å². The number of phenolic OH excluding ortho intramolecular Hbond substituents is 1. The lowest BCUT2D eigenvalue weighted by atomic mass is 9.81. The summed E-state index contributed by atoms with van der Waals surface area (Å²) in [6.07, 6.45) is -0.138. The van der Waals surface area contributed by atoms with Crippen molar-refractivity contribution >= 4 is 29.3 Å². The Balaban J connectivity index is 2.43. The number of hydrogen-bond acceptors (Lipinski definition) is 6. The largest absolute Gasteiger partial charge is 0.508 e. The number of hydrogen-bond donors (Lipinski definition) is 1. The molecule has 0 aromatic heterocycles. The number of carbonyl (C=O) groups is 3. The molecule has 142 valence electrons. The lowest BCUT2D eigenvalue weighted by molar-refractivity contribution is -0.159. The third-order valence-electron chi connectivity index (χ3n) is 4.21. The molecule has 0 bridgehead atoms. The first-order valence-electron chi connectivity index (χ1n) is 8.10. The minimum absolute atomic E-state index is 0.0304. The van der Waals surface area contributed by atoms with Gasteiger partial charge in [-0.05, 0) is 42.0 Å². The lowest BCUT2D eigenvalue weighted by Gasteiger charge is -2.23. The maximum atomic E-state index is 12.7. The van der Waals surface area contributed by atoms with Gasteiger partial charge < -0.3 is 14.6 Å².